The molecule has 2 aromatic carbocycles. The predicted octanol–water partition coefficient (Wildman–Crippen LogP) is 4.00. The number of rotatable bonds is 5. The lowest BCUT2D eigenvalue weighted by Gasteiger charge is -2.02. The van der Waals surface area contributed by atoms with Crippen LogP contribution in [-0.4, -0.2) is 12.8 Å². The van der Waals surface area contributed by atoms with Gasteiger partial charge >= 0.3 is 0 Å². The van der Waals surface area contributed by atoms with Crippen LogP contribution in [0.3, 0.4) is 0 Å². The molecule has 0 amide bonds. The molecular formula is C16H15NO. The molecule has 0 saturated carbocycles. The molecule has 0 N–H and O–H groups in total. The van der Waals surface area contributed by atoms with Crippen molar-refractivity contribution in [1.82, 2.24) is 0 Å². The van der Waals surface area contributed by atoms with Gasteiger partial charge in [0, 0.05) is 6.21 Å². The van der Waals surface area contributed by atoms with Gasteiger partial charge in [0.05, 0.1) is 5.69 Å². The summed E-state index contributed by atoms with van der Waals surface area (Å²) in [5.74, 6) is 0.827. The van der Waals surface area contributed by atoms with Crippen molar-refractivity contribution in [1.29, 1.82) is 0 Å². The van der Waals surface area contributed by atoms with Crippen LogP contribution in [0.15, 0.2) is 72.2 Å². The van der Waals surface area contributed by atoms with Gasteiger partial charge in [0.1, 0.15) is 12.4 Å². The minimum Gasteiger partial charge on any atom is -0.490 e. The van der Waals surface area contributed by atoms with Crippen LogP contribution < -0.4 is 4.74 Å². The minimum absolute atomic E-state index is 0.520. The molecule has 2 rings (SSSR count). The lowest BCUT2D eigenvalue weighted by Crippen LogP contribution is -1.91. The third-order valence-corrected chi connectivity index (χ3v) is 2.37. The number of ether oxygens (including phenoxy) is 1. The van der Waals surface area contributed by atoms with Crippen LogP contribution in [0.2, 0.25) is 0 Å². The quantitative estimate of drug-likeness (QED) is 0.569. The first-order valence-electron chi connectivity index (χ1n) is 5.81. The van der Waals surface area contributed by atoms with E-state index in [9.17, 15) is 0 Å². The van der Waals surface area contributed by atoms with E-state index in [2.05, 4.69) is 11.6 Å². The maximum Gasteiger partial charge on any atom is 0.119 e. The van der Waals surface area contributed by atoms with E-state index in [0.717, 1.165) is 17.0 Å². The Balaban J connectivity index is 2.02. The van der Waals surface area contributed by atoms with E-state index in [1.54, 1.807) is 6.08 Å². The second kappa shape index (κ2) is 6.40. The first kappa shape index (κ1) is 12.1. The van der Waals surface area contributed by atoms with Gasteiger partial charge in [-0.3, -0.25) is 4.99 Å². The molecule has 0 bridgehead atoms. The number of benzene rings is 2. The zero-order valence-corrected chi connectivity index (χ0v) is 10.1. The molecule has 0 unspecified atom stereocenters. The monoisotopic (exact) mass is 237 g/mol. The fraction of sp³-hybridized carbons (Fsp3) is 0.0625. The summed E-state index contributed by atoms with van der Waals surface area (Å²) in [5, 5.41) is 0. The van der Waals surface area contributed by atoms with Gasteiger partial charge in [-0.2, -0.15) is 0 Å². The standard InChI is InChI=1S/C16H15NO/c1-2-12-18-16-10-8-15(9-11-16)17-13-14-6-4-3-5-7-14/h2-11,13H,1,12H2. The van der Waals surface area contributed by atoms with Gasteiger partial charge in [-0.05, 0) is 29.8 Å². The predicted molar refractivity (Wildman–Crippen MR) is 75.8 cm³/mol. The molecule has 18 heavy (non-hydrogen) atoms. The number of hydrogen-bond donors (Lipinski definition) is 0. The second-order valence-corrected chi connectivity index (χ2v) is 3.76. The molecule has 0 aromatic heterocycles. The van der Waals surface area contributed by atoms with Gasteiger partial charge in [-0.15, -0.1) is 0 Å². The SMILES string of the molecule is C=CCOc1ccc(N=Cc2ccccc2)cc1. The van der Waals surface area contributed by atoms with Crippen molar-refractivity contribution in [2.24, 2.45) is 4.99 Å². The molecule has 0 aliphatic heterocycles. The highest BCUT2D eigenvalue weighted by atomic mass is 16.5. The maximum absolute atomic E-state index is 5.40. The number of hydrogen-bond acceptors (Lipinski definition) is 2. The van der Waals surface area contributed by atoms with Crippen molar-refractivity contribution in [3.63, 3.8) is 0 Å². The van der Waals surface area contributed by atoms with Gasteiger partial charge in [-0.1, -0.05) is 43.0 Å². The Morgan fingerprint density at radius 2 is 1.72 bits per heavy atom. The maximum atomic E-state index is 5.40. The Morgan fingerprint density at radius 3 is 2.39 bits per heavy atom. The lowest BCUT2D eigenvalue weighted by molar-refractivity contribution is 0.363. The van der Waals surface area contributed by atoms with E-state index in [-0.39, 0.29) is 0 Å². The van der Waals surface area contributed by atoms with Crippen molar-refractivity contribution < 1.29 is 4.74 Å². The van der Waals surface area contributed by atoms with E-state index < -0.39 is 0 Å². The Kier molecular flexibility index (Phi) is 4.31. The number of nitrogens with zero attached hydrogens (tertiary/aromatic N) is 1. The topological polar surface area (TPSA) is 21.6 Å². The minimum atomic E-state index is 0.520. The van der Waals surface area contributed by atoms with Gasteiger partial charge < -0.3 is 4.74 Å². The normalized spacial score (nSPS) is 10.4. The van der Waals surface area contributed by atoms with Crippen molar-refractivity contribution in [3.8, 4) is 5.75 Å². The highest BCUT2D eigenvalue weighted by Crippen LogP contribution is 2.18. The Bertz CT molecular complexity index is 515. The highest BCUT2D eigenvalue weighted by molar-refractivity contribution is 5.81. The first-order chi connectivity index (χ1) is 8.88. The Labute approximate surface area is 107 Å². The zero-order chi connectivity index (χ0) is 12.6. The number of aliphatic imine (C=N–C) groups is 1. The molecule has 0 aliphatic rings. The van der Waals surface area contributed by atoms with Crippen molar-refractivity contribution >= 4 is 11.9 Å². The van der Waals surface area contributed by atoms with E-state index >= 15 is 0 Å². The lowest BCUT2D eigenvalue weighted by atomic mass is 10.2. The average Bonchev–Trinajstić information content (AvgIpc) is 2.45. The molecule has 0 aliphatic carbocycles. The molecule has 0 saturated heterocycles. The van der Waals surface area contributed by atoms with Crippen LogP contribution in [0.25, 0.3) is 0 Å². The summed E-state index contributed by atoms with van der Waals surface area (Å²) in [5.41, 5.74) is 1.99. The van der Waals surface area contributed by atoms with Crippen LogP contribution in [0.1, 0.15) is 5.56 Å². The molecule has 0 heterocycles. The van der Waals surface area contributed by atoms with Gasteiger partial charge in [-0.25, -0.2) is 0 Å². The largest absolute Gasteiger partial charge is 0.490 e. The van der Waals surface area contributed by atoms with Gasteiger partial charge in [0.25, 0.3) is 0 Å². The summed E-state index contributed by atoms with van der Waals surface area (Å²) in [6.07, 6.45) is 3.57. The van der Waals surface area contributed by atoms with Crippen LogP contribution in [0.5, 0.6) is 5.75 Å². The average molecular weight is 237 g/mol. The van der Waals surface area contributed by atoms with Crippen LogP contribution in [0, 0.1) is 0 Å². The smallest absolute Gasteiger partial charge is 0.119 e. The summed E-state index contributed by atoms with van der Waals surface area (Å²) in [7, 11) is 0. The summed E-state index contributed by atoms with van der Waals surface area (Å²) >= 11 is 0. The summed E-state index contributed by atoms with van der Waals surface area (Å²) in [6, 6.07) is 17.7. The Morgan fingerprint density at radius 1 is 1.00 bits per heavy atom. The molecule has 0 atom stereocenters. The van der Waals surface area contributed by atoms with Crippen molar-refractivity contribution in [2.75, 3.05) is 6.61 Å². The summed E-state index contributed by atoms with van der Waals surface area (Å²) in [6.45, 7) is 4.13. The fourth-order valence-electron chi connectivity index (χ4n) is 1.47. The molecular weight excluding hydrogens is 222 g/mol. The summed E-state index contributed by atoms with van der Waals surface area (Å²) in [4.78, 5) is 4.40. The van der Waals surface area contributed by atoms with Gasteiger partial charge in [0.15, 0.2) is 0 Å². The molecule has 90 valence electrons. The molecule has 2 heteroatoms. The second-order valence-electron chi connectivity index (χ2n) is 3.76. The first-order valence-corrected chi connectivity index (χ1v) is 5.81. The van der Waals surface area contributed by atoms with E-state index in [1.165, 1.54) is 0 Å². The van der Waals surface area contributed by atoms with E-state index in [1.807, 2.05) is 60.8 Å². The van der Waals surface area contributed by atoms with Crippen LogP contribution >= 0.6 is 0 Å². The third-order valence-electron chi connectivity index (χ3n) is 2.37. The van der Waals surface area contributed by atoms with E-state index in [4.69, 9.17) is 4.74 Å². The molecule has 2 nitrogen and oxygen atoms in total. The highest BCUT2D eigenvalue weighted by Gasteiger charge is 1.92. The molecule has 2 aromatic rings. The molecule has 0 fully saturated rings. The molecule has 0 spiro atoms. The fourth-order valence-corrected chi connectivity index (χ4v) is 1.47. The van der Waals surface area contributed by atoms with Crippen LogP contribution in [0.4, 0.5) is 5.69 Å². The van der Waals surface area contributed by atoms with Gasteiger partial charge in [0.2, 0.25) is 0 Å². The Hall–Kier alpha value is -2.35. The zero-order valence-electron chi connectivity index (χ0n) is 10.1. The van der Waals surface area contributed by atoms with Crippen molar-refractivity contribution in [3.05, 3.63) is 72.8 Å². The van der Waals surface area contributed by atoms with Crippen LogP contribution in [-0.2, 0) is 0 Å². The van der Waals surface area contributed by atoms with E-state index in [0.29, 0.717) is 6.61 Å². The molecule has 0 radical (unpaired) electrons. The summed E-state index contributed by atoms with van der Waals surface area (Å²) < 4.78 is 5.40. The third kappa shape index (κ3) is 3.59. The van der Waals surface area contributed by atoms with Crippen molar-refractivity contribution in [2.45, 2.75) is 0 Å².